The van der Waals surface area contributed by atoms with Crippen molar-refractivity contribution >= 4 is 40.0 Å². The molecule has 0 aliphatic rings. The van der Waals surface area contributed by atoms with E-state index in [2.05, 4.69) is 23.5 Å². The molecule has 3 rings (SSSR count). The van der Waals surface area contributed by atoms with Gasteiger partial charge in [-0.1, -0.05) is 48.0 Å². The van der Waals surface area contributed by atoms with Crippen molar-refractivity contribution in [2.75, 3.05) is 5.32 Å². The van der Waals surface area contributed by atoms with Crippen LogP contribution >= 0.6 is 11.6 Å². The van der Waals surface area contributed by atoms with E-state index in [1.807, 2.05) is 24.3 Å². The summed E-state index contributed by atoms with van der Waals surface area (Å²) in [4.78, 5) is 11.9. The van der Waals surface area contributed by atoms with E-state index in [0.29, 0.717) is 5.02 Å². The third-order valence-corrected chi connectivity index (χ3v) is 3.56. The van der Waals surface area contributed by atoms with Crippen LogP contribution in [0, 0.1) is 0 Å². The lowest BCUT2D eigenvalue weighted by Gasteiger charge is -2.02. The topological polar surface area (TPSA) is 29.1 Å². The number of anilines is 1. The van der Waals surface area contributed by atoms with Gasteiger partial charge in [-0.2, -0.15) is 0 Å². The van der Waals surface area contributed by atoms with Gasteiger partial charge in [0.1, 0.15) is 0 Å². The number of carbonyl (C=O) groups excluding carboxylic acids is 1. The number of rotatable bonds is 3. The lowest BCUT2D eigenvalue weighted by Crippen LogP contribution is -2.07. The zero-order valence-electron chi connectivity index (χ0n) is 11.8. The molecule has 3 heteroatoms. The van der Waals surface area contributed by atoms with Crippen LogP contribution in [0.2, 0.25) is 5.02 Å². The minimum absolute atomic E-state index is 0.171. The fourth-order valence-corrected chi connectivity index (χ4v) is 2.33. The maximum atomic E-state index is 11.9. The summed E-state index contributed by atoms with van der Waals surface area (Å²) in [7, 11) is 0. The van der Waals surface area contributed by atoms with E-state index in [4.69, 9.17) is 11.6 Å². The van der Waals surface area contributed by atoms with Crippen LogP contribution in [0.4, 0.5) is 5.69 Å². The standard InChI is InChI=1S/C19H14ClNO/c20-17-8-10-18(11-9-17)21-19(22)12-6-14-5-7-15-3-1-2-4-16(15)13-14/h1-13H,(H,21,22). The van der Waals surface area contributed by atoms with E-state index in [-0.39, 0.29) is 5.91 Å². The first kappa shape index (κ1) is 14.4. The van der Waals surface area contributed by atoms with Gasteiger partial charge in [-0.3, -0.25) is 4.79 Å². The normalized spacial score (nSPS) is 11.0. The smallest absolute Gasteiger partial charge is 0.248 e. The Morgan fingerprint density at radius 3 is 2.41 bits per heavy atom. The second-order valence-electron chi connectivity index (χ2n) is 4.94. The van der Waals surface area contributed by atoms with Crippen molar-refractivity contribution < 1.29 is 4.79 Å². The maximum absolute atomic E-state index is 11.9. The summed E-state index contributed by atoms with van der Waals surface area (Å²) in [5, 5.41) is 5.78. The Bertz CT molecular complexity index is 837. The second kappa shape index (κ2) is 6.46. The summed E-state index contributed by atoms with van der Waals surface area (Å²) < 4.78 is 0. The number of hydrogen-bond donors (Lipinski definition) is 1. The van der Waals surface area contributed by atoms with Gasteiger partial charge in [0.2, 0.25) is 5.91 Å². The molecular formula is C19H14ClNO. The van der Waals surface area contributed by atoms with Crippen LogP contribution in [0.15, 0.2) is 72.8 Å². The lowest BCUT2D eigenvalue weighted by molar-refractivity contribution is -0.111. The molecule has 0 spiro atoms. The Hall–Kier alpha value is -2.58. The highest BCUT2D eigenvalue weighted by molar-refractivity contribution is 6.30. The van der Waals surface area contributed by atoms with Crippen molar-refractivity contribution in [3.63, 3.8) is 0 Å². The first-order chi connectivity index (χ1) is 10.7. The molecule has 0 saturated carbocycles. The van der Waals surface area contributed by atoms with Gasteiger partial charge in [-0.15, -0.1) is 0 Å². The number of fused-ring (bicyclic) bond motifs is 1. The Morgan fingerprint density at radius 1 is 0.909 bits per heavy atom. The van der Waals surface area contributed by atoms with E-state index in [9.17, 15) is 4.79 Å². The zero-order chi connectivity index (χ0) is 15.4. The molecule has 0 heterocycles. The second-order valence-corrected chi connectivity index (χ2v) is 5.37. The third kappa shape index (κ3) is 3.54. The molecule has 3 aromatic carbocycles. The molecule has 1 amide bonds. The van der Waals surface area contributed by atoms with E-state index in [1.54, 1.807) is 30.3 Å². The van der Waals surface area contributed by atoms with Crippen molar-refractivity contribution in [3.8, 4) is 0 Å². The van der Waals surface area contributed by atoms with Gasteiger partial charge in [0.25, 0.3) is 0 Å². The van der Waals surface area contributed by atoms with Crippen LogP contribution in [-0.2, 0) is 4.79 Å². The summed E-state index contributed by atoms with van der Waals surface area (Å²) in [5.74, 6) is -0.171. The van der Waals surface area contributed by atoms with Crippen LogP contribution in [0.5, 0.6) is 0 Å². The highest BCUT2D eigenvalue weighted by atomic mass is 35.5. The molecular weight excluding hydrogens is 294 g/mol. The largest absolute Gasteiger partial charge is 0.323 e. The first-order valence-corrected chi connectivity index (χ1v) is 7.32. The minimum atomic E-state index is -0.171. The molecule has 0 unspecified atom stereocenters. The average molecular weight is 308 g/mol. The summed E-state index contributed by atoms with van der Waals surface area (Å²) >= 11 is 5.81. The van der Waals surface area contributed by atoms with Gasteiger partial charge in [-0.05, 0) is 52.7 Å². The zero-order valence-corrected chi connectivity index (χ0v) is 12.5. The quantitative estimate of drug-likeness (QED) is 0.666. The van der Waals surface area contributed by atoms with E-state index >= 15 is 0 Å². The van der Waals surface area contributed by atoms with Gasteiger partial charge in [0, 0.05) is 16.8 Å². The molecule has 0 aliphatic carbocycles. The van der Waals surface area contributed by atoms with Crippen molar-refractivity contribution in [2.45, 2.75) is 0 Å². The molecule has 2 nitrogen and oxygen atoms in total. The van der Waals surface area contributed by atoms with Crippen LogP contribution < -0.4 is 5.32 Å². The molecule has 0 fully saturated rings. The van der Waals surface area contributed by atoms with E-state index < -0.39 is 0 Å². The molecule has 0 saturated heterocycles. The molecule has 0 radical (unpaired) electrons. The SMILES string of the molecule is O=C(C=Cc1ccc2ccccc2c1)Nc1ccc(Cl)cc1. The fourth-order valence-electron chi connectivity index (χ4n) is 2.20. The minimum Gasteiger partial charge on any atom is -0.323 e. The molecule has 108 valence electrons. The van der Waals surface area contributed by atoms with Gasteiger partial charge < -0.3 is 5.32 Å². The predicted molar refractivity (Wildman–Crippen MR) is 93.1 cm³/mol. The van der Waals surface area contributed by atoms with Crippen molar-refractivity contribution in [3.05, 3.63) is 83.4 Å². The average Bonchev–Trinajstić information content (AvgIpc) is 2.55. The molecule has 22 heavy (non-hydrogen) atoms. The van der Waals surface area contributed by atoms with E-state index in [0.717, 1.165) is 16.6 Å². The predicted octanol–water partition coefficient (Wildman–Crippen LogP) is 5.15. The first-order valence-electron chi connectivity index (χ1n) is 6.94. The molecule has 0 aromatic heterocycles. The van der Waals surface area contributed by atoms with Gasteiger partial charge in [0.15, 0.2) is 0 Å². The number of hydrogen-bond acceptors (Lipinski definition) is 1. The summed E-state index contributed by atoms with van der Waals surface area (Å²) in [6.45, 7) is 0. The molecule has 3 aromatic rings. The van der Waals surface area contributed by atoms with Gasteiger partial charge in [0.05, 0.1) is 0 Å². The van der Waals surface area contributed by atoms with Crippen LogP contribution in [-0.4, -0.2) is 5.91 Å². The third-order valence-electron chi connectivity index (χ3n) is 3.31. The highest BCUT2D eigenvalue weighted by Gasteiger charge is 1.98. The molecule has 0 bridgehead atoms. The number of nitrogens with one attached hydrogen (secondary N) is 1. The number of amides is 1. The maximum Gasteiger partial charge on any atom is 0.248 e. The fraction of sp³-hybridized carbons (Fsp3) is 0. The Morgan fingerprint density at radius 2 is 1.64 bits per heavy atom. The van der Waals surface area contributed by atoms with Crippen LogP contribution in [0.25, 0.3) is 16.8 Å². The lowest BCUT2D eigenvalue weighted by atomic mass is 10.1. The number of benzene rings is 3. The molecule has 0 atom stereocenters. The highest BCUT2D eigenvalue weighted by Crippen LogP contribution is 2.17. The molecule has 1 N–H and O–H groups in total. The van der Waals surface area contributed by atoms with Crippen LogP contribution in [0.3, 0.4) is 0 Å². The summed E-state index contributed by atoms with van der Waals surface area (Å²) in [5.41, 5.74) is 1.71. The Kier molecular flexibility index (Phi) is 4.22. The summed E-state index contributed by atoms with van der Waals surface area (Å²) in [6.07, 6.45) is 3.33. The monoisotopic (exact) mass is 307 g/mol. The number of carbonyl (C=O) groups is 1. The summed E-state index contributed by atoms with van der Waals surface area (Å²) in [6, 6.07) is 21.3. The van der Waals surface area contributed by atoms with Crippen LogP contribution in [0.1, 0.15) is 5.56 Å². The van der Waals surface area contributed by atoms with Gasteiger partial charge in [-0.25, -0.2) is 0 Å². The Labute approximate surface area is 134 Å². The Balaban J connectivity index is 1.71. The van der Waals surface area contributed by atoms with Crippen molar-refractivity contribution in [2.24, 2.45) is 0 Å². The molecule has 0 aliphatic heterocycles. The van der Waals surface area contributed by atoms with Gasteiger partial charge >= 0.3 is 0 Å². The van der Waals surface area contributed by atoms with Crippen molar-refractivity contribution in [1.29, 1.82) is 0 Å². The van der Waals surface area contributed by atoms with Crippen molar-refractivity contribution in [1.82, 2.24) is 0 Å². The van der Waals surface area contributed by atoms with E-state index in [1.165, 1.54) is 11.5 Å². The number of halogens is 1.